The molecule has 4 nitrogen and oxygen atoms in total. The van der Waals surface area contributed by atoms with Crippen LogP contribution in [0.4, 0.5) is 13.2 Å². The molecule has 0 radical (unpaired) electrons. The zero-order valence-electron chi connectivity index (χ0n) is 18.0. The molecule has 2 N–H and O–H groups in total. The summed E-state index contributed by atoms with van der Waals surface area (Å²) in [7, 11) is 0. The van der Waals surface area contributed by atoms with Gasteiger partial charge in [0.1, 0.15) is 0 Å². The standard InChI is InChI=1S/C26H25F3N2O2/c27-26(28,29)22-9-6-18(7-10-22)17-30-23(32)11-13-25(14-12-24(33)31-25)16-19-5-8-20-3-1-2-4-21(20)15-19/h1-10,15H,11-14,16-17H2,(H,30,32)(H,31,33). The summed E-state index contributed by atoms with van der Waals surface area (Å²) < 4.78 is 38.0. The molecule has 172 valence electrons. The van der Waals surface area contributed by atoms with Crippen LogP contribution in [0.1, 0.15) is 42.4 Å². The van der Waals surface area contributed by atoms with Crippen molar-refractivity contribution in [3.05, 3.63) is 83.4 Å². The Kier molecular flexibility index (Phi) is 6.40. The second kappa shape index (κ2) is 9.25. The van der Waals surface area contributed by atoms with Gasteiger partial charge in [0.2, 0.25) is 11.8 Å². The molecule has 1 heterocycles. The van der Waals surface area contributed by atoms with Gasteiger partial charge in [-0.25, -0.2) is 0 Å². The fourth-order valence-electron chi connectivity index (χ4n) is 4.37. The molecule has 0 bridgehead atoms. The molecular weight excluding hydrogens is 429 g/mol. The monoisotopic (exact) mass is 454 g/mol. The van der Waals surface area contributed by atoms with Gasteiger partial charge in [-0.05, 0) is 53.3 Å². The topological polar surface area (TPSA) is 58.2 Å². The quantitative estimate of drug-likeness (QED) is 0.519. The number of benzene rings is 3. The normalized spacial score (nSPS) is 18.3. The summed E-state index contributed by atoms with van der Waals surface area (Å²) in [6.45, 7) is 0.154. The molecular formula is C26H25F3N2O2. The maximum Gasteiger partial charge on any atom is 0.416 e. The third-order valence-electron chi connectivity index (χ3n) is 6.19. The number of rotatable bonds is 7. The van der Waals surface area contributed by atoms with Crippen molar-refractivity contribution in [2.45, 2.75) is 50.4 Å². The highest BCUT2D eigenvalue weighted by atomic mass is 19.4. The Morgan fingerprint density at radius 1 is 0.970 bits per heavy atom. The summed E-state index contributed by atoms with van der Waals surface area (Å²) in [6.07, 6.45) is -1.95. The van der Waals surface area contributed by atoms with Gasteiger partial charge < -0.3 is 10.6 Å². The van der Waals surface area contributed by atoms with Crippen LogP contribution in [0.3, 0.4) is 0 Å². The molecule has 3 aromatic rings. The lowest BCUT2D eigenvalue weighted by Gasteiger charge is -2.29. The Morgan fingerprint density at radius 2 is 1.67 bits per heavy atom. The van der Waals surface area contributed by atoms with E-state index in [1.54, 1.807) is 0 Å². The minimum atomic E-state index is -4.38. The van der Waals surface area contributed by atoms with Crippen molar-refractivity contribution in [1.82, 2.24) is 10.6 Å². The second-order valence-electron chi connectivity index (χ2n) is 8.66. The average molecular weight is 454 g/mol. The van der Waals surface area contributed by atoms with E-state index in [-0.39, 0.29) is 24.8 Å². The fourth-order valence-corrected chi connectivity index (χ4v) is 4.37. The van der Waals surface area contributed by atoms with Gasteiger partial charge in [0.25, 0.3) is 0 Å². The average Bonchev–Trinajstić information content (AvgIpc) is 3.16. The molecule has 1 saturated heterocycles. The van der Waals surface area contributed by atoms with Crippen LogP contribution in [0, 0.1) is 0 Å². The van der Waals surface area contributed by atoms with Gasteiger partial charge >= 0.3 is 6.18 Å². The molecule has 2 amide bonds. The Hall–Kier alpha value is -3.35. The number of nitrogens with one attached hydrogen (secondary N) is 2. The van der Waals surface area contributed by atoms with Crippen molar-refractivity contribution in [1.29, 1.82) is 0 Å². The van der Waals surface area contributed by atoms with Crippen LogP contribution >= 0.6 is 0 Å². The van der Waals surface area contributed by atoms with E-state index in [4.69, 9.17) is 0 Å². The van der Waals surface area contributed by atoms with E-state index in [1.165, 1.54) is 12.1 Å². The molecule has 1 fully saturated rings. The summed E-state index contributed by atoms with van der Waals surface area (Å²) in [5.41, 5.74) is 0.494. The number of alkyl halides is 3. The van der Waals surface area contributed by atoms with Crippen molar-refractivity contribution >= 4 is 22.6 Å². The highest BCUT2D eigenvalue weighted by molar-refractivity contribution is 5.83. The van der Waals surface area contributed by atoms with E-state index in [1.807, 2.05) is 24.3 Å². The van der Waals surface area contributed by atoms with Gasteiger partial charge in [-0.1, -0.05) is 54.6 Å². The summed E-state index contributed by atoms with van der Waals surface area (Å²) in [5, 5.41) is 8.13. The predicted octanol–water partition coefficient (Wildman–Crippen LogP) is 5.15. The lowest BCUT2D eigenvalue weighted by Crippen LogP contribution is -2.44. The highest BCUT2D eigenvalue weighted by Crippen LogP contribution is 2.31. The predicted molar refractivity (Wildman–Crippen MR) is 120 cm³/mol. The van der Waals surface area contributed by atoms with E-state index >= 15 is 0 Å². The second-order valence-corrected chi connectivity index (χ2v) is 8.66. The first kappa shape index (κ1) is 22.8. The molecule has 4 rings (SSSR count). The molecule has 1 aliphatic heterocycles. The van der Waals surface area contributed by atoms with Gasteiger partial charge in [-0.3, -0.25) is 9.59 Å². The number of carbonyl (C=O) groups is 2. The van der Waals surface area contributed by atoms with Gasteiger partial charge in [0, 0.05) is 24.9 Å². The van der Waals surface area contributed by atoms with Crippen LogP contribution in [-0.4, -0.2) is 17.4 Å². The van der Waals surface area contributed by atoms with Crippen LogP contribution in [-0.2, 0) is 28.7 Å². The lowest BCUT2D eigenvalue weighted by atomic mass is 9.84. The summed E-state index contributed by atoms with van der Waals surface area (Å²) in [5.74, 6) is -0.213. The Labute approximate surface area is 190 Å². The number of halogens is 3. The van der Waals surface area contributed by atoms with E-state index in [0.29, 0.717) is 31.2 Å². The van der Waals surface area contributed by atoms with Crippen molar-refractivity contribution in [2.75, 3.05) is 0 Å². The lowest BCUT2D eigenvalue weighted by molar-refractivity contribution is -0.137. The third kappa shape index (κ3) is 5.72. The van der Waals surface area contributed by atoms with Crippen LogP contribution in [0.5, 0.6) is 0 Å². The number of hydrogen-bond donors (Lipinski definition) is 2. The molecule has 1 aliphatic rings. The number of fused-ring (bicyclic) bond motifs is 1. The van der Waals surface area contributed by atoms with Crippen molar-refractivity contribution in [3.8, 4) is 0 Å². The van der Waals surface area contributed by atoms with Crippen LogP contribution in [0.15, 0.2) is 66.7 Å². The van der Waals surface area contributed by atoms with E-state index in [0.717, 1.165) is 28.5 Å². The number of amides is 2. The smallest absolute Gasteiger partial charge is 0.352 e. The zero-order valence-corrected chi connectivity index (χ0v) is 18.0. The fraction of sp³-hybridized carbons (Fsp3) is 0.308. The maximum atomic E-state index is 12.7. The van der Waals surface area contributed by atoms with Gasteiger partial charge in [0.05, 0.1) is 5.56 Å². The third-order valence-corrected chi connectivity index (χ3v) is 6.19. The maximum absolute atomic E-state index is 12.7. The molecule has 7 heteroatoms. The first-order valence-corrected chi connectivity index (χ1v) is 10.9. The molecule has 1 atom stereocenters. The zero-order chi connectivity index (χ0) is 23.5. The number of carbonyl (C=O) groups excluding carboxylic acids is 2. The van der Waals surface area contributed by atoms with Crippen LogP contribution in [0.2, 0.25) is 0 Å². The Bertz CT molecular complexity index is 1160. The summed E-state index contributed by atoms with van der Waals surface area (Å²) >= 11 is 0. The minimum absolute atomic E-state index is 0.0130. The first-order valence-electron chi connectivity index (χ1n) is 10.9. The van der Waals surface area contributed by atoms with E-state index in [2.05, 4.69) is 28.8 Å². The van der Waals surface area contributed by atoms with E-state index < -0.39 is 17.3 Å². The first-order chi connectivity index (χ1) is 15.7. The molecule has 1 unspecified atom stereocenters. The highest BCUT2D eigenvalue weighted by Gasteiger charge is 2.38. The minimum Gasteiger partial charge on any atom is -0.352 e. The van der Waals surface area contributed by atoms with E-state index in [9.17, 15) is 22.8 Å². The van der Waals surface area contributed by atoms with Crippen LogP contribution in [0.25, 0.3) is 10.8 Å². The summed E-state index contributed by atoms with van der Waals surface area (Å²) in [6, 6.07) is 19.0. The molecule has 0 aliphatic carbocycles. The Balaban J connectivity index is 1.36. The largest absolute Gasteiger partial charge is 0.416 e. The van der Waals surface area contributed by atoms with Crippen molar-refractivity contribution < 1.29 is 22.8 Å². The molecule has 3 aromatic carbocycles. The molecule has 0 spiro atoms. The SMILES string of the molecule is O=C(CCC1(Cc2ccc3ccccc3c2)CCC(=O)N1)NCc1ccc(C(F)(F)F)cc1. The Morgan fingerprint density at radius 3 is 2.33 bits per heavy atom. The molecule has 33 heavy (non-hydrogen) atoms. The van der Waals surface area contributed by atoms with Gasteiger partial charge in [-0.2, -0.15) is 13.2 Å². The summed E-state index contributed by atoms with van der Waals surface area (Å²) in [4.78, 5) is 24.5. The number of hydrogen-bond acceptors (Lipinski definition) is 2. The van der Waals surface area contributed by atoms with Crippen LogP contribution < -0.4 is 10.6 Å². The molecule has 0 aromatic heterocycles. The van der Waals surface area contributed by atoms with Gasteiger partial charge in [-0.15, -0.1) is 0 Å². The molecule has 0 saturated carbocycles. The van der Waals surface area contributed by atoms with Crippen molar-refractivity contribution in [3.63, 3.8) is 0 Å². The van der Waals surface area contributed by atoms with Crippen molar-refractivity contribution in [2.24, 2.45) is 0 Å². The van der Waals surface area contributed by atoms with Gasteiger partial charge in [0.15, 0.2) is 0 Å².